The molecule has 120 valence electrons. The van der Waals surface area contributed by atoms with Crippen molar-refractivity contribution in [2.45, 2.75) is 6.54 Å². The quantitative estimate of drug-likeness (QED) is 0.582. The number of hydrogen-bond donors (Lipinski definition) is 3. The number of ether oxygens (including phenoxy) is 1. The average molecular weight is 312 g/mol. The highest BCUT2D eigenvalue weighted by Crippen LogP contribution is 2.14. The molecular weight excluding hydrogens is 292 g/mol. The van der Waals surface area contributed by atoms with Crippen LogP contribution in [-0.2, 0) is 6.54 Å². The Balaban J connectivity index is 1.94. The molecule has 0 aromatic heterocycles. The van der Waals surface area contributed by atoms with E-state index in [1.165, 1.54) is 0 Å². The number of amides is 1. The van der Waals surface area contributed by atoms with E-state index in [9.17, 15) is 4.79 Å². The molecule has 0 aliphatic rings. The molecule has 4 N–H and O–H groups in total. The van der Waals surface area contributed by atoms with Gasteiger partial charge in [-0.05, 0) is 42.0 Å². The molecule has 0 radical (unpaired) electrons. The van der Waals surface area contributed by atoms with Crippen molar-refractivity contribution in [2.75, 3.05) is 19.5 Å². The van der Waals surface area contributed by atoms with Crippen molar-refractivity contribution in [3.63, 3.8) is 0 Å². The standard InChI is InChI=1S/C17H20N4O2/c1-19-16(22)13-5-3-12(4-6-13)11-20-17(18)21-14-7-9-15(23-2)10-8-14/h3-10H,11H2,1-2H3,(H,19,22)(H3,18,20,21). The van der Waals surface area contributed by atoms with Gasteiger partial charge in [-0.3, -0.25) is 4.79 Å². The number of nitrogens with two attached hydrogens (primary N) is 1. The summed E-state index contributed by atoms with van der Waals surface area (Å²) in [6.45, 7) is 0.434. The van der Waals surface area contributed by atoms with Gasteiger partial charge in [0.05, 0.1) is 13.7 Å². The average Bonchev–Trinajstić information content (AvgIpc) is 2.60. The molecule has 0 saturated heterocycles. The number of rotatable bonds is 5. The second kappa shape index (κ2) is 7.84. The van der Waals surface area contributed by atoms with Crippen LogP contribution >= 0.6 is 0 Å². The van der Waals surface area contributed by atoms with Gasteiger partial charge in [-0.25, -0.2) is 4.99 Å². The maximum atomic E-state index is 11.5. The molecule has 0 spiro atoms. The van der Waals surface area contributed by atoms with Gasteiger partial charge in [-0.15, -0.1) is 0 Å². The molecular formula is C17H20N4O2. The van der Waals surface area contributed by atoms with Crippen molar-refractivity contribution in [1.29, 1.82) is 0 Å². The molecule has 1 amide bonds. The third-order valence-corrected chi connectivity index (χ3v) is 3.24. The number of guanidine groups is 1. The fourth-order valence-electron chi connectivity index (χ4n) is 1.94. The number of nitrogens with zero attached hydrogens (tertiary/aromatic N) is 1. The summed E-state index contributed by atoms with van der Waals surface area (Å²) in [5.74, 6) is 0.994. The summed E-state index contributed by atoms with van der Waals surface area (Å²) < 4.78 is 5.10. The summed E-state index contributed by atoms with van der Waals surface area (Å²) in [7, 11) is 3.22. The van der Waals surface area contributed by atoms with E-state index in [1.54, 1.807) is 26.3 Å². The Labute approximate surface area is 135 Å². The lowest BCUT2D eigenvalue weighted by molar-refractivity contribution is 0.0963. The van der Waals surface area contributed by atoms with Gasteiger partial charge in [0, 0.05) is 18.3 Å². The van der Waals surface area contributed by atoms with E-state index in [-0.39, 0.29) is 5.91 Å². The molecule has 0 aliphatic carbocycles. The van der Waals surface area contributed by atoms with Crippen LogP contribution in [0.5, 0.6) is 5.75 Å². The van der Waals surface area contributed by atoms with Crippen LogP contribution < -0.4 is 21.1 Å². The van der Waals surface area contributed by atoms with Crippen LogP contribution in [0, 0.1) is 0 Å². The monoisotopic (exact) mass is 312 g/mol. The SMILES string of the molecule is CNC(=O)c1ccc(CN=C(N)Nc2ccc(OC)cc2)cc1. The van der Waals surface area contributed by atoms with Gasteiger partial charge in [-0.1, -0.05) is 12.1 Å². The van der Waals surface area contributed by atoms with Gasteiger partial charge in [0.1, 0.15) is 5.75 Å². The number of carbonyl (C=O) groups is 1. The fraction of sp³-hybridized carbons (Fsp3) is 0.176. The van der Waals surface area contributed by atoms with E-state index >= 15 is 0 Å². The highest BCUT2D eigenvalue weighted by molar-refractivity contribution is 5.94. The number of carbonyl (C=O) groups excluding carboxylic acids is 1. The minimum absolute atomic E-state index is 0.110. The molecule has 0 unspecified atom stereocenters. The minimum Gasteiger partial charge on any atom is -0.497 e. The van der Waals surface area contributed by atoms with E-state index in [0.717, 1.165) is 17.0 Å². The van der Waals surface area contributed by atoms with Crippen molar-refractivity contribution < 1.29 is 9.53 Å². The van der Waals surface area contributed by atoms with E-state index in [0.29, 0.717) is 18.1 Å². The molecule has 23 heavy (non-hydrogen) atoms. The Kier molecular flexibility index (Phi) is 5.57. The molecule has 6 heteroatoms. The van der Waals surface area contributed by atoms with Gasteiger partial charge in [0.15, 0.2) is 5.96 Å². The van der Waals surface area contributed by atoms with Crippen LogP contribution in [0.4, 0.5) is 5.69 Å². The second-order valence-electron chi connectivity index (χ2n) is 4.83. The molecule has 2 aromatic carbocycles. The third-order valence-electron chi connectivity index (χ3n) is 3.24. The summed E-state index contributed by atoms with van der Waals surface area (Å²) >= 11 is 0. The fourth-order valence-corrected chi connectivity index (χ4v) is 1.94. The number of nitrogens with one attached hydrogen (secondary N) is 2. The highest BCUT2D eigenvalue weighted by Gasteiger charge is 2.02. The smallest absolute Gasteiger partial charge is 0.251 e. The Morgan fingerprint density at radius 1 is 1.13 bits per heavy atom. The van der Waals surface area contributed by atoms with Crippen LogP contribution in [0.2, 0.25) is 0 Å². The first-order chi connectivity index (χ1) is 11.1. The van der Waals surface area contributed by atoms with E-state index in [2.05, 4.69) is 15.6 Å². The number of benzene rings is 2. The van der Waals surface area contributed by atoms with Crippen molar-refractivity contribution in [1.82, 2.24) is 5.32 Å². The topological polar surface area (TPSA) is 88.7 Å². The highest BCUT2D eigenvalue weighted by atomic mass is 16.5. The van der Waals surface area contributed by atoms with Crippen molar-refractivity contribution in [3.05, 3.63) is 59.7 Å². The molecule has 0 fully saturated rings. The van der Waals surface area contributed by atoms with Crippen molar-refractivity contribution >= 4 is 17.6 Å². The molecule has 0 saturated carbocycles. The Hall–Kier alpha value is -3.02. The second-order valence-corrected chi connectivity index (χ2v) is 4.83. The first-order valence-electron chi connectivity index (χ1n) is 7.14. The first-order valence-corrected chi connectivity index (χ1v) is 7.14. The Morgan fingerprint density at radius 3 is 2.35 bits per heavy atom. The first kappa shape index (κ1) is 16.4. The molecule has 0 bridgehead atoms. The van der Waals surface area contributed by atoms with Crippen LogP contribution in [0.3, 0.4) is 0 Å². The molecule has 0 atom stereocenters. The van der Waals surface area contributed by atoms with Gasteiger partial charge in [-0.2, -0.15) is 0 Å². The lowest BCUT2D eigenvalue weighted by Crippen LogP contribution is -2.22. The van der Waals surface area contributed by atoms with Crippen LogP contribution in [0.1, 0.15) is 15.9 Å². The van der Waals surface area contributed by atoms with Crippen molar-refractivity contribution in [2.24, 2.45) is 10.7 Å². The maximum absolute atomic E-state index is 11.5. The van der Waals surface area contributed by atoms with Crippen LogP contribution in [0.25, 0.3) is 0 Å². The van der Waals surface area contributed by atoms with Crippen LogP contribution in [-0.4, -0.2) is 26.0 Å². The maximum Gasteiger partial charge on any atom is 0.251 e. The van der Waals surface area contributed by atoms with Gasteiger partial charge < -0.3 is 21.1 Å². The zero-order valence-corrected chi connectivity index (χ0v) is 13.2. The minimum atomic E-state index is -0.110. The predicted molar refractivity (Wildman–Crippen MR) is 91.8 cm³/mol. The number of anilines is 1. The van der Waals surface area contributed by atoms with Gasteiger partial charge in [0.2, 0.25) is 0 Å². The zero-order valence-electron chi connectivity index (χ0n) is 13.2. The normalized spacial score (nSPS) is 11.0. The largest absolute Gasteiger partial charge is 0.497 e. The van der Waals surface area contributed by atoms with E-state index in [4.69, 9.17) is 10.5 Å². The lowest BCUT2D eigenvalue weighted by atomic mass is 10.1. The predicted octanol–water partition coefficient (Wildman–Crippen LogP) is 1.98. The summed E-state index contributed by atoms with van der Waals surface area (Å²) in [4.78, 5) is 15.7. The van der Waals surface area contributed by atoms with E-state index in [1.807, 2.05) is 36.4 Å². The van der Waals surface area contributed by atoms with Gasteiger partial charge >= 0.3 is 0 Å². The zero-order chi connectivity index (χ0) is 16.7. The summed E-state index contributed by atoms with van der Waals surface area (Å²) in [5.41, 5.74) is 8.29. The molecule has 2 rings (SSSR count). The number of hydrogen-bond acceptors (Lipinski definition) is 3. The molecule has 0 heterocycles. The lowest BCUT2D eigenvalue weighted by Gasteiger charge is -2.07. The number of methoxy groups -OCH3 is 1. The van der Waals surface area contributed by atoms with Crippen LogP contribution in [0.15, 0.2) is 53.5 Å². The van der Waals surface area contributed by atoms with Crippen molar-refractivity contribution in [3.8, 4) is 5.75 Å². The number of aliphatic imine (C=N–C) groups is 1. The van der Waals surface area contributed by atoms with Gasteiger partial charge in [0.25, 0.3) is 5.91 Å². The molecule has 6 nitrogen and oxygen atoms in total. The Morgan fingerprint density at radius 2 is 1.78 bits per heavy atom. The molecule has 0 aliphatic heterocycles. The summed E-state index contributed by atoms with van der Waals surface area (Å²) in [6, 6.07) is 14.6. The molecule has 2 aromatic rings. The summed E-state index contributed by atoms with van der Waals surface area (Å²) in [6.07, 6.45) is 0. The Bertz CT molecular complexity index is 679. The summed E-state index contributed by atoms with van der Waals surface area (Å²) in [5, 5.41) is 5.59. The van der Waals surface area contributed by atoms with E-state index < -0.39 is 0 Å². The third kappa shape index (κ3) is 4.74.